The zero-order valence-corrected chi connectivity index (χ0v) is 10.6. The third-order valence-corrected chi connectivity index (χ3v) is 3.14. The summed E-state index contributed by atoms with van der Waals surface area (Å²) in [7, 11) is 1.82. The molecule has 98 valence electrons. The van der Waals surface area contributed by atoms with E-state index in [4.69, 9.17) is 4.74 Å². The highest BCUT2D eigenvalue weighted by atomic mass is 19.1. The molecule has 0 bridgehead atoms. The van der Waals surface area contributed by atoms with Crippen molar-refractivity contribution in [3.05, 3.63) is 29.6 Å². The molecule has 2 rings (SSSR count). The monoisotopic (exact) mass is 251 g/mol. The summed E-state index contributed by atoms with van der Waals surface area (Å²) in [6.45, 7) is 2.06. The van der Waals surface area contributed by atoms with Gasteiger partial charge in [-0.2, -0.15) is 0 Å². The molecule has 0 N–H and O–H groups in total. The predicted octanol–water partition coefficient (Wildman–Crippen LogP) is 2.50. The lowest BCUT2D eigenvalue weighted by Crippen LogP contribution is -2.24. The number of anilines is 1. The van der Waals surface area contributed by atoms with Gasteiger partial charge in [-0.05, 0) is 37.0 Å². The zero-order chi connectivity index (χ0) is 13.0. The second kappa shape index (κ2) is 5.96. The van der Waals surface area contributed by atoms with E-state index in [1.54, 1.807) is 17.0 Å². The molecule has 0 aromatic heterocycles. The molecule has 3 nitrogen and oxygen atoms in total. The smallest absolute Gasteiger partial charge is 0.150 e. The van der Waals surface area contributed by atoms with E-state index in [-0.39, 0.29) is 5.82 Å². The number of carbonyl (C=O) groups is 1. The number of nitrogens with zero attached hydrogens (tertiary/aromatic N) is 1. The summed E-state index contributed by atoms with van der Waals surface area (Å²) in [6.07, 6.45) is 3.20. The zero-order valence-electron chi connectivity index (χ0n) is 10.6. The Labute approximate surface area is 107 Å². The van der Waals surface area contributed by atoms with Crippen LogP contribution in [0, 0.1) is 11.7 Å². The molecule has 0 aliphatic heterocycles. The second-order valence-corrected chi connectivity index (χ2v) is 4.77. The van der Waals surface area contributed by atoms with Crippen molar-refractivity contribution < 1.29 is 13.9 Å². The molecule has 0 unspecified atom stereocenters. The van der Waals surface area contributed by atoms with Crippen LogP contribution in [0.25, 0.3) is 0 Å². The van der Waals surface area contributed by atoms with Gasteiger partial charge in [0.25, 0.3) is 0 Å². The van der Waals surface area contributed by atoms with Crippen LogP contribution in [-0.4, -0.2) is 33.1 Å². The minimum absolute atomic E-state index is 0.356. The Morgan fingerprint density at radius 1 is 1.50 bits per heavy atom. The summed E-state index contributed by atoms with van der Waals surface area (Å²) in [5.74, 6) is 0.378. The fourth-order valence-electron chi connectivity index (χ4n) is 1.76. The first kappa shape index (κ1) is 13.0. The van der Waals surface area contributed by atoms with Gasteiger partial charge in [0.05, 0.1) is 12.3 Å². The summed E-state index contributed by atoms with van der Waals surface area (Å²) in [6, 6.07) is 4.50. The highest BCUT2D eigenvalue weighted by molar-refractivity contribution is 5.75. The molecule has 1 fully saturated rings. The molecular weight excluding hydrogens is 233 g/mol. The normalized spacial score (nSPS) is 14.6. The predicted molar refractivity (Wildman–Crippen MR) is 68.6 cm³/mol. The molecule has 1 aromatic rings. The van der Waals surface area contributed by atoms with E-state index in [0.717, 1.165) is 12.5 Å². The van der Waals surface area contributed by atoms with Crippen molar-refractivity contribution in [2.45, 2.75) is 12.8 Å². The highest BCUT2D eigenvalue weighted by Crippen LogP contribution is 2.28. The Kier molecular flexibility index (Phi) is 4.31. The Bertz CT molecular complexity index is 418. The van der Waals surface area contributed by atoms with E-state index in [1.165, 1.54) is 18.9 Å². The summed E-state index contributed by atoms with van der Waals surface area (Å²) >= 11 is 0. The molecule has 0 radical (unpaired) electrons. The average Bonchev–Trinajstić information content (AvgIpc) is 3.18. The lowest BCUT2D eigenvalue weighted by Gasteiger charge is -2.20. The van der Waals surface area contributed by atoms with Crippen LogP contribution in [0.1, 0.15) is 23.2 Å². The molecule has 1 aliphatic carbocycles. The second-order valence-electron chi connectivity index (χ2n) is 4.77. The van der Waals surface area contributed by atoms with Crippen molar-refractivity contribution in [1.82, 2.24) is 0 Å². The van der Waals surface area contributed by atoms with Crippen molar-refractivity contribution >= 4 is 12.0 Å². The van der Waals surface area contributed by atoms with Crippen LogP contribution in [0.3, 0.4) is 0 Å². The van der Waals surface area contributed by atoms with Gasteiger partial charge in [0.1, 0.15) is 12.1 Å². The summed E-state index contributed by atoms with van der Waals surface area (Å²) in [5.41, 5.74) is 0.852. The van der Waals surface area contributed by atoms with E-state index in [0.29, 0.717) is 30.7 Å². The molecule has 0 heterocycles. The van der Waals surface area contributed by atoms with E-state index >= 15 is 0 Å². The number of rotatable bonds is 7. The molecule has 0 amide bonds. The SMILES string of the molecule is CN(CCOCC1CC1)c1ccc(C=O)cc1F. The Morgan fingerprint density at radius 2 is 2.28 bits per heavy atom. The van der Waals surface area contributed by atoms with E-state index in [9.17, 15) is 9.18 Å². The van der Waals surface area contributed by atoms with Crippen molar-refractivity contribution in [2.24, 2.45) is 5.92 Å². The van der Waals surface area contributed by atoms with E-state index < -0.39 is 0 Å². The van der Waals surface area contributed by atoms with Crippen molar-refractivity contribution in [3.8, 4) is 0 Å². The third-order valence-electron chi connectivity index (χ3n) is 3.14. The third kappa shape index (κ3) is 3.53. The Hall–Kier alpha value is -1.42. The van der Waals surface area contributed by atoms with E-state index in [2.05, 4.69) is 0 Å². The topological polar surface area (TPSA) is 29.5 Å². The molecule has 1 aromatic carbocycles. The largest absolute Gasteiger partial charge is 0.379 e. The maximum atomic E-state index is 13.7. The van der Waals surface area contributed by atoms with Crippen molar-refractivity contribution in [2.75, 3.05) is 31.7 Å². The Balaban J connectivity index is 1.82. The molecule has 1 saturated carbocycles. The first-order valence-electron chi connectivity index (χ1n) is 6.24. The fourth-order valence-corrected chi connectivity index (χ4v) is 1.76. The molecule has 18 heavy (non-hydrogen) atoms. The van der Waals surface area contributed by atoms with Crippen LogP contribution >= 0.6 is 0 Å². The first-order valence-corrected chi connectivity index (χ1v) is 6.24. The number of ether oxygens (including phenoxy) is 1. The number of hydrogen-bond donors (Lipinski definition) is 0. The van der Waals surface area contributed by atoms with Gasteiger partial charge in [-0.25, -0.2) is 4.39 Å². The van der Waals surface area contributed by atoms with Gasteiger partial charge < -0.3 is 9.64 Å². The van der Waals surface area contributed by atoms with Gasteiger partial charge in [-0.3, -0.25) is 4.79 Å². The lowest BCUT2D eigenvalue weighted by atomic mass is 10.2. The first-order chi connectivity index (χ1) is 8.70. The summed E-state index contributed by atoms with van der Waals surface area (Å²) in [4.78, 5) is 12.3. The minimum Gasteiger partial charge on any atom is -0.379 e. The number of carbonyl (C=O) groups excluding carboxylic acids is 1. The van der Waals surface area contributed by atoms with Crippen molar-refractivity contribution in [1.29, 1.82) is 0 Å². The summed E-state index contributed by atoms with van der Waals surface area (Å²) < 4.78 is 19.2. The number of likely N-dealkylation sites (N-methyl/N-ethyl adjacent to an activating group) is 1. The highest BCUT2D eigenvalue weighted by Gasteiger charge is 2.21. The standard InChI is InChI=1S/C14H18FNO2/c1-16(6-7-18-10-11-2-3-11)14-5-4-12(9-17)8-13(14)15/h4-5,8-9,11H,2-3,6-7,10H2,1H3. The van der Waals surface area contributed by atoms with E-state index in [1.807, 2.05) is 7.05 Å². The van der Waals surface area contributed by atoms with Crippen LogP contribution in [0.5, 0.6) is 0 Å². The number of halogens is 1. The summed E-state index contributed by atoms with van der Waals surface area (Å²) in [5, 5.41) is 0. The maximum absolute atomic E-state index is 13.7. The van der Waals surface area contributed by atoms with Crippen LogP contribution in [0.2, 0.25) is 0 Å². The van der Waals surface area contributed by atoms with Gasteiger partial charge in [0, 0.05) is 25.8 Å². The lowest BCUT2D eigenvalue weighted by molar-refractivity contribution is 0.112. The van der Waals surface area contributed by atoms with Crippen LogP contribution in [0.4, 0.5) is 10.1 Å². The van der Waals surface area contributed by atoms with Gasteiger partial charge in [0.15, 0.2) is 0 Å². The van der Waals surface area contributed by atoms with Crippen molar-refractivity contribution in [3.63, 3.8) is 0 Å². The maximum Gasteiger partial charge on any atom is 0.150 e. The molecule has 4 heteroatoms. The molecule has 0 saturated heterocycles. The fraction of sp³-hybridized carbons (Fsp3) is 0.500. The number of aldehydes is 1. The Morgan fingerprint density at radius 3 is 2.89 bits per heavy atom. The average molecular weight is 251 g/mol. The molecule has 1 aliphatic rings. The van der Waals surface area contributed by atoms with Gasteiger partial charge >= 0.3 is 0 Å². The number of hydrogen-bond acceptors (Lipinski definition) is 3. The van der Waals surface area contributed by atoms with Gasteiger partial charge in [0.2, 0.25) is 0 Å². The quantitative estimate of drug-likeness (QED) is 0.551. The van der Waals surface area contributed by atoms with Crippen LogP contribution < -0.4 is 4.90 Å². The molecule has 0 atom stereocenters. The van der Waals surface area contributed by atoms with Crippen LogP contribution in [-0.2, 0) is 4.74 Å². The van der Waals surface area contributed by atoms with Crippen LogP contribution in [0.15, 0.2) is 18.2 Å². The minimum atomic E-state index is -0.371. The molecule has 0 spiro atoms. The van der Waals surface area contributed by atoms with Gasteiger partial charge in [-0.15, -0.1) is 0 Å². The number of benzene rings is 1. The molecular formula is C14H18FNO2. The van der Waals surface area contributed by atoms with Gasteiger partial charge in [-0.1, -0.05) is 0 Å².